The van der Waals surface area contributed by atoms with Crippen LogP contribution in [0.5, 0.6) is 0 Å². The zero-order valence-electron chi connectivity index (χ0n) is 36.9. The third kappa shape index (κ3) is 8.41. The largest absolute Gasteiger partial charge is 0.396 e. The number of aromatic nitrogens is 2. The van der Waals surface area contributed by atoms with Crippen LogP contribution in [0.15, 0.2) is 107 Å². The number of aliphatic hydroxyl groups is 2. The number of nitrogens with zero attached hydrogens (tertiary/aromatic N) is 6. The fraction of sp³-hybridized carbons (Fsp3) is 0.440. The Kier molecular flexibility index (Phi) is 13.9. The van der Waals surface area contributed by atoms with Crippen molar-refractivity contribution in [2.75, 3.05) is 54.5 Å². The first-order valence-electron chi connectivity index (χ1n) is 21.9. The highest BCUT2D eigenvalue weighted by molar-refractivity contribution is 5.81. The van der Waals surface area contributed by atoms with E-state index >= 15 is 0 Å². The van der Waals surface area contributed by atoms with E-state index in [0.29, 0.717) is 24.2 Å². The fourth-order valence-electron chi connectivity index (χ4n) is 10.7. The van der Waals surface area contributed by atoms with E-state index in [1.807, 2.05) is 108 Å². The summed E-state index contributed by atoms with van der Waals surface area (Å²) < 4.78 is 3.66. The van der Waals surface area contributed by atoms with E-state index in [1.165, 1.54) is 11.1 Å². The maximum atomic E-state index is 13.2. The Morgan fingerprint density at radius 1 is 0.597 bits per heavy atom. The van der Waals surface area contributed by atoms with Crippen LogP contribution < -0.4 is 11.1 Å². The Balaban J connectivity index is 0.000000186. The molecule has 12 nitrogen and oxygen atoms in total. The van der Waals surface area contributed by atoms with Crippen molar-refractivity contribution in [3.63, 3.8) is 0 Å². The van der Waals surface area contributed by atoms with Crippen LogP contribution in [-0.2, 0) is 35.5 Å². The van der Waals surface area contributed by atoms with Crippen LogP contribution in [0.3, 0.4) is 0 Å². The van der Waals surface area contributed by atoms with Gasteiger partial charge in [-0.25, -0.2) is 0 Å². The molecule has 4 aliphatic heterocycles. The lowest BCUT2D eigenvalue weighted by Gasteiger charge is -2.38. The number of amides is 2. The summed E-state index contributed by atoms with van der Waals surface area (Å²) in [6, 6.07) is 27.7. The normalized spacial score (nSPS) is 25.0. The molecule has 0 saturated carbocycles. The van der Waals surface area contributed by atoms with Gasteiger partial charge in [0.2, 0.25) is 11.8 Å². The highest BCUT2D eigenvalue weighted by atomic mass is 16.3. The summed E-state index contributed by atoms with van der Waals surface area (Å²) in [5.74, 6) is -1.15. The summed E-state index contributed by atoms with van der Waals surface area (Å²) in [7, 11) is 7.04. The number of carbonyl (C=O) groups is 2. The first-order chi connectivity index (χ1) is 29.9. The van der Waals surface area contributed by atoms with Gasteiger partial charge in [-0.15, -0.1) is 0 Å². The van der Waals surface area contributed by atoms with Crippen LogP contribution in [0, 0.1) is 23.7 Å². The molecule has 12 heteroatoms. The summed E-state index contributed by atoms with van der Waals surface area (Å²) >= 11 is 0. The van der Waals surface area contributed by atoms with Crippen LogP contribution in [0.4, 0.5) is 0 Å². The molecule has 0 spiro atoms. The van der Waals surface area contributed by atoms with E-state index in [9.17, 15) is 29.4 Å². The van der Waals surface area contributed by atoms with Gasteiger partial charge in [-0.1, -0.05) is 85.0 Å². The Bertz CT molecular complexity index is 2220. The smallest absolute Gasteiger partial charge is 0.258 e. The molecule has 2 aromatic heterocycles. The molecule has 4 aromatic rings. The van der Waals surface area contributed by atoms with Crippen molar-refractivity contribution < 1.29 is 19.8 Å². The van der Waals surface area contributed by atoms with Crippen molar-refractivity contribution in [3.05, 3.63) is 151 Å². The molecule has 328 valence electrons. The number of hydrogen-bond acceptors (Lipinski definition) is 8. The summed E-state index contributed by atoms with van der Waals surface area (Å²) in [6.07, 6.45) is 9.09. The van der Waals surface area contributed by atoms with Crippen molar-refractivity contribution in [2.45, 2.75) is 63.9 Å². The summed E-state index contributed by atoms with van der Waals surface area (Å²) in [6.45, 7) is 6.18. The number of fused-ring (bicyclic) bond motifs is 8. The van der Waals surface area contributed by atoms with Gasteiger partial charge in [-0.2, -0.15) is 0 Å². The molecule has 0 radical (unpaired) electrons. The second kappa shape index (κ2) is 19.3. The van der Waals surface area contributed by atoms with Gasteiger partial charge in [0.25, 0.3) is 11.1 Å². The van der Waals surface area contributed by atoms with Crippen molar-refractivity contribution in [2.24, 2.45) is 23.7 Å². The van der Waals surface area contributed by atoms with Crippen LogP contribution in [0.1, 0.15) is 59.6 Å². The van der Waals surface area contributed by atoms with E-state index in [0.717, 1.165) is 37.3 Å². The minimum Gasteiger partial charge on any atom is -0.396 e. The Morgan fingerprint density at radius 2 is 0.968 bits per heavy atom. The van der Waals surface area contributed by atoms with Gasteiger partial charge in [0, 0.05) is 114 Å². The molecule has 62 heavy (non-hydrogen) atoms. The summed E-state index contributed by atoms with van der Waals surface area (Å²) in [5.41, 5.74) is 5.48. The lowest BCUT2D eigenvalue weighted by atomic mass is 9.86. The van der Waals surface area contributed by atoms with E-state index in [1.54, 1.807) is 38.0 Å². The summed E-state index contributed by atoms with van der Waals surface area (Å²) in [5, 5.41) is 20.6. The maximum absolute atomic E-state index is 13.2. The fourth-order valence-corrected chi connectivity index (χ4v) is 10.7. The molecule has 8 rings (SSSR count). The molecule has 0 aliphatic carbocycles. The Hall–Kier alpha value is -5.40. The molecule has 2 fully saturated rings. The molecule has 4 bridgehead atoms. The van der Waals surface area contributed by atoms with Crippen LogP contribution in [0.2, 0.25) is 0 Å². The number of rotatable bonds is 12. The quantitative estimate of drug-likeness (QED) is 0.216. The molecule has 2 saturated heterocycles. The zero-order chi connectivity index (χ0) is 44.2. The van der Waals surface area contributed by atoms with Gasteiger partial charge in [0.15, 0.2) is 0 Å². The Morgan fingerprint density at radius 3 is 1.29 bits per heavy atom. The van der Waals surface area contributed by atoms with Crippen LogP contribution >= 0.6 is 0 Å². The molecule has 4 aliphatic rings. The number of allylic oxidation sites excluding steroid dienone is 2. The average Bonchev–Trinajstić information content (AvgIpc) is 3.63. The third-order valence-electron chi connectivity index (χ3n) is 13.5. The summed E-state index contributed by atoms with van der Waals surface area (Å²) in [4.78, 5) is 60.7. The van der Waals surface area contributed by atoms with Crippen molar-refractivity contribution in [1.82, 2.24) is 28.7 Å². The third-order valence-corrected chi connectivity index (χ3v) is 13.5. The maximum Gasteiger partial charge on any atom is 0.258 e. The SMILES string of the molecule is C/C=C/c1ccc2n(c1=O)C[C@H]1[C@H](CO)[C@@H](C(=O)N(C)C)[C@@H]2N1CCc1ccccc1.C/C=C\c1ccc2n(c1=O)C[C@H]1[C@H](CO)[C@@H](C(=O)N(C)C)[C@@H]2N1CCc1ccccc1. The molecular weight excluding hydrogens is 781 g/mol. The number of hydrogen-bond donors (Lipinski definition) is 2. The second-order valence-electron chi connectivity index (χ2n) is 17.4. The number of aliphatic hydroxyl groups excluding tert-OH is 2. The highest BCUT2D eigenvalue weighted by Gasteiger charge is 2.57. The predicted molar refractivity (Wildman–Crippen MR) is 243 cm³/mol. The molecule has 0 unspecified atom stereocenters. The molecule has 8 atom stereocenters. The Labute approximate surface area is 365 Å². The lowest BCUT2D eigenvalue weighted by Crippen LogP contribution is -2.47. The zero-order valence-corrected chi connectivity index (χ0v) is 36.9. The molecule has 6 heterocycles. The predicted octanol–water partition coefficient (Wildman–Crippen LogP) is 4.35. The van der Waals surface area contributed by atoms with Crippen LogP contribution in [-0.4, -0.2) is 117 Å². The van der Waals surface area contributed by atoms with Gasteiger partial charge in [0.1, 0.15) is 0 Å². The van der Waals surface area contributed by atoms with Gasteiger partial charge in [-0.05, 0) is 62.1 Å². The number of benzene rings is 2. The van der Waals surface area contributed by atoms with E-state index < -0.39 is 0 Å². The van der Waals surface area contributed by atoms with Gasteiger partial charge in [-0.3, -0.25) is 29.0 Å². The number of pyridine rings is 2. The van der Waals surface area contributed by atoms with Crippen molar-refractivity contribution in [1.29, 1.82) is 0 Å². The number of carbonyl (C=O) groups excluding carboxylic acids is 2. The van der Waals surface area contributed by atoms with Crippen LogP contribution in [0.25, 0.3) is 12.2 Å². The minimum absolute atomic E-state index is 0.00897. The topological polar surface area (TPSA) is 132 Å². The van der Waals surface area contributed by atoms with E-state index in [-0.39, 0.29) is 84.0 Å². The van der Waals surface area contributed by atoms with E-state index in [4.69, 9.17) is 0 Å². The lowest BCUT2D eigenvalue weighted by molar-refractivity contribution is -0.136. The highest BCUT2D eigenvalue weighted by Crippen LogP contribution is 2.50. The minimum atomic E-state index is -0.374. The molecular formula is C50H62N6O6. The van der Waals surface area contributed by atoms with Gasteiger partial charge < -0.3 is 29.1 Å². The monoisotopic (exact) mass is 842 g/mol. The standard InChI is InChI=1S/2C25H31N3O3/c2*1-4-8-18-11-12-20-23-22(25(31)26(2)3)19(16-29)21(15-28(20)24(18)30)27(23)14-13-17-9-6-5-7-10-17/h2*4-12,19,21-23,29H,13-16H2,1-3H3/b8-4+;8-4-/t2*19-,21-,22+,23+/m00/s1. The van der Waals surface area contributed by atoms with Gasteiger partial charge >= 0.3 is 0 Å². The second-order valence-corrected chi connectivity index (χ2v) is 17.4. The first-order valence-corrected chi connectivity index (χ1v) is 21.9. The van der Waals surface area contributed by atoms with Crippen molar-refractivity contribution >= 4 is 24.0 Å². The first kappa shape index (κ1) is 44.6. The van der Waals surface area contributed by atoms with E-state index in [2.05, 4.69) is 34.1 Å². The molecule has 2 N–H and O–H groups in total. The average molecular weight is 843 g/mol. The van der Waals surface area contributed by atoms with Gasteiger partial charge in [0.05, 0.1) is 23.9 Å². The molecule has 2 amide bonds. The van der Waals surface area contributed by atoms with Crippen molar-refractivity contribution in [3.8, 4) is 0 Å². The molecule has 2 aromatic carbocycles.